The summed E-state index contributed by atoms with van der Waals surface area (Å²) in [5, 5.41) is 3.11. The number of rotatable bonds is 4. The molecule has 18 heavy (non-hydrogen) atoms. The molecule has 2 radical (unpaired) electrons. The summed E-state index contributed by atoms with van der Waals surface area (Å²) in [4.78, 5) is 15.4. The van der Waals surface area contributed by atoms with Crippen LogP contribution in [0.25, 0.3) is 0 Å². The van der Waals surface area contributed by atoms with E-state index in [1.165, 1.54) is 7.11 Å². The number of esters is 1. The van der Waals surface area contributed by atoms with E-state index in [9.17, 15) is 4.79 Å². The van der Waals surface area contributed by atoms with Gasteiger partial charge in [-0.15, -0.1) is 0 Å². The first kappa shape index (κ1) is 12.9. The van der Waals surface area contributed by atoms with Crippen molar-refractivity contribution in [2.24, 2.45) is 5.92 Å². The van der Waals surface area contributed by atoms with Gasteiger partial charge in [0.1, 0.15) is 13.9 Å². The van der Waals surface area contributed by atoms with Crippen molar-refractivity contribution >= 4 is 19.4 Å². The molecule has 2 atom stereocenters. The molecule has 1 saturated heterocycles. The molecule has 5 nitrogen and oxygen atoms in total. The zero-order valence-electron chi connectivity index (χ0n) is 10.3. The summed E-state index contributed by atoms with van der Waals surface area (Å²) in [6, 6.07) is 5.03. The van der Waals surface area contributed by atoms with Gasteiger partial charge >= 0.3 is 5.97 Å². The average molecular weight is 246 g/mol. The lowest BCUT2D eigenvalue weighted by atomic mass is 10.0. The second-order valence-electron chi connectivity index (χ2n) is 4.30. The third kappa shape index (κ3) is 3.23. The largest absolute Gasteiger partial charge is 0.477 e. The molecular formula is C12H15BN2O3. The van der Waals surface area contributed by atoms with Crippen LogP contribution in [0.5, 0.6) is 5.88 Å². The van der Waals surface area contributed by atoms with Crippen LogP contribution in [-0.4, -0.2) is 45.1 Å². The predicted molar refractivity (Wildman–Crippen MR) is 67.0 cm³/mol. The number of aromatic nitrogens is 1. The van der Waals surface area contributed by atoms with Gasteiger partial charge in [-0.2, -0.15) is 0 Å². The van der Waals surface area contributed by atoms with Crippen molar-refractivity contribution in [1.29, 1.82) is 0 Å². The summed E-state index contributed by atoms with van der Waals surface area (Å²) in [6.07, 6.45) is 0.717. The number of hydrogen-bond acceptors (Lipinski definition) is 5. The Kier molecular flexibility index (Phi) is 4.20. The molecule has 6 heteroatoms. The van der Waals surface area contributed by atoms with Gasteiger partial charge in [0, 0.05) is 18.5 Å². The Hall–Kier alpha value is -1.56. The summed E-state index contributed by atoms with van der Waals surface area (Å²) in [5.74, 6) is 0.563. The van der Waals surface area contributed by atoms with Gasteiger partial charge in [-0.3, -0.25) is 4.79 Å². The van der Waals surface area contributed by atoms with Gasteiger partial charge in [0.25, 0.3) is 0 Å². The smallest absolute Gasteiger partial charge is 0.322 e. The molecule has 1 fully saturated rings. The van der Waals surface area contributed by atoms with E-state index in [1.54, 1.807) is 18.2 Å². The summed E-state index contributed by atoms with van der Waals surface area (Å²) in [6.45, 7) is 1.25. The quantitative estimate of drug-likeness (QED) is 0.568. The summed E-state index contributed by atoms with van der Waals surface area (Å²) < 4.78 is 10.2. The number of nitrogens with one attached hydrogen (secondary N) is 1. The summed E-state index contributed by atoms with van der Waals surface area (Å²) >= 11 is 0. The maximum absolute atomic E-state index is 11.3. The van der Waals surface area contributed by atoms with Crippen LogP contribution in [0.3, 0.4) is 0 Å². The van der Waals surface area contributed by atoms with E-state index < -0.39 is 0 Å². The molecule has 0 bridgehead atoms. The van der Waals surface area contributed by atoms with Crippen LogP contribution in [-0.2, 0) is 9.53 Å². The first-order chi connectivity index (χ1) is 8.69. The second-order valence-corrected chi connectivity index (χ2v) is 4.30. The number of methoxy groups -OCH3 is 1. The zero-order valence-corrected chi connectivity index (χ0v) is 10.3. The molecule has 0 amide bonds. The van der Waals surface area contributed by atoms with Gasteiger partial charge in [-0.25, -0.2) is 4.98 Å². The maximum atomic E-state index is 11.3. The van der Waals surface area contributed by atoms with E-state index in [1.807, 2.05) is 0 Å². The lowest BCUT2D eigenvalue weighted by Gasteiger charge is -2.10. The predicted octanol–water partition coefficient (Wildman–Crippen LogP) is -0.595. The molecule has 2 rings (SSSR count). The minimum atomic E-state index is -0.225. The monoisotopic (exact) mass is 246 g/mol. The SMILES string of the molecule is [B]c1cccc(OC[C@H]2CN[C@H](C(=O)OC)C2)n1. The highest BCUT2D eigenvalue weighted by molar-refractivity contribution is 6.30. The van der Waals surface area contributed by atoms with Crippen LogP contribution in [0.4, 0.5) is 0 Å². The number of carbonyl (C=O) groups is 1. The number of ether oxygens (including phenoxy) is 2. The second kappa shape index (κ2) is 5.86. The Morgan fingerprint density at radius 2 is 2.44 bits per heavy atom. The normalized spacial score (nSPS) is 22.7. The third-order valence-corrected chi connectivity index (χ3v) is 2.92. The van der Waals surface area contributed by atoms with Gasteiger partial charge in [-0.1, -0.05) is 12.1 Å². The fourth-order valence-electron chi connectivity index (χ4n) is 1.97. The lowest BCUT2D eigenvalue weighted by molar-refractivity contribution is -0.142. The van der Waals surface area contributed by atoms with Crippen LogP contribution in [0.15, 0.2) is 18.2 Å². The number of carbonyl (C=O) groups excluding carboxylic acids is 1. The Bertz CT molecular complexity index is 428. The van der Waals surface area contributed by atoms with Crippen LogP contribution < -0.4 is 15.6 Å². The van der Waals surface area contributed by atoms with Gasteiger partial charge in [0.2, 0.25) is 5.88 Å². The first-order valence-corrected chi connectivity index (χ1v) is 5.85. The molecule has 1 aliphatic rings. The molecule has 1 aromatic rings. The Labute approximate surface area is 107 Å². The molecule has 0 spiro atoms. The molecule has 0 aliphatic carbocycles. The van der Waals surface area contributed by atoms with Crippen LogP contribution in [0.2, 0.25) is 0 Å². The minimum Gasteiger partial charge on any atom is -0.477 e. The van der Waals surface area contributed by atoms with Crippen molar-refractivity contribution in [2.45, 2.75) is 12.5 Å². The van der Waals surface area contributed by atoms with Crippen molar-refractivity contribution in [2.75, 3.05) is 20.3 Å². The van der Waals surface area contributed by atoms with E-state index in [2.05, 4.69) is 15.0 Å². The number of nitrogens with zero attached hydrogens (tertiary/aromatic N) is 1. The fraction of sp³-hybridized carbons (Fsp3) is 0.500. The van der Waals surface area contributed by atoms with E-state index >= 15 is 0 Å². The molecule has 1 aliphatic heterocycles. The standard InChI is InChI=1S/C12H15BN2O3/c1-17-12(16)9-5-8(6-14-9)7-18-11-4-2-3-10(13)15-11/h2-4,8-9,14H,5-7H2,1H3/t8-,9+/m1/s1. The van der Waals surface area contributed by atoms with Gasteiger partial charge in [0.15, 0.2) is 0 Å². The Balaban J connectivity index is 1.80. The van der Waals surface area contributed by atoms with Crippen molar-refractivity contribution in [3.8, 4) is 5.88 Å². The Morgan fingerprint density at radius 1 is 1.61 bits per heavy atom. The summed E-state index contributed by atoms with van der Waals surface area (Å²) in [5.41, 5.74) is 0.435. The molecule has 0 aromatic carbocycles. The average Bonchev–Trinajstić information content (AvgIpc) is 2.84. The molecule has 2 heterocycles. The molecule has 94 valence electrons. The molecule has 1 aromatic heterocycles. The maximum Gasteiger partial charge on any atom is 0.322 e. The van der Waals surface area contributed by atoms with Crippen LogP contribution in [0.1, 0.15) is 6.42 Å². The van der Waals surface area contributed by atoms with Gasteiger partial charge in [-0.05, 0) is 12.0 Å². The highest BCUT2D eigenvalue weighted by Crippen LogP contribution is 2.16. The van der Waals surface area contributed by atoms with Crippen molar-refractivity contribution in [3.63, 3.8) is 0 Å². The number of hydrogen-bond donors (Lipinski definition) is 1. The van der Waals surface area contributed by atoms with Crippen molar-refractivity contribution in [1.82, 2.24) is 10.3 Å². The first-order valence-electron chi connectivity index (χ1n) is 5.85. The van der Waals surface area contributed by atoms with E-state index in [0.29, 0.717) is 18.1 Å². The fourth-order valence-corrected chi connectivity index (χ4v) is 1.97. The number of pyridine rings is 1. The van der Waals surface area contributed by atoms with Crippen LogP contribution in [0, 0.1) is 5.92 Å². The van der Waals surface area contributed by atoms with Crippen LogP contribution >= 0.6 is 0 Å². The Morgan fingerprint density at radius 3 is 3.17 bits per heavy atom. The van der Waals surface area contributed by atoms with Crippen molar-refractivity contribution < 1.29 is 14.3 Å². The molecule has 0 unspecified atom stereocenters. The van der Waals surface area contributed by atoms with E-state index in [4.69, 9.17) is 12.6 Å². The zero-order chi connectivity index (χ0) is 13.0. The van der Waals surface area contributed by atoms with E-state index in [-0.39, 0.29) is 17.9 Å². The van der Waals surface area contributed by atoms with Gasteiger partial charge in [0.05, 0.1) is 13.7 Å². The summed E-state index contributed by atoms with van der Waals surface area (Å²) in [7, 11) is 6.95. The topological polar surface area (TPSA) is 60.5 Å². The van der Waals surface area contributed by atoms with Crippen molar-refractivity contribution in [3.05, 3.63) is 18.2 Å². The highest BCUT2D eigenvalue weighted by Gasteiger charge is 2.30. The molecule has 1 N–H and O–H groups in total. The third-order valence-electron chi connectivity index (χ3n) is 2.92. The minimum absolute atomic E-state index is 0.223. The van der Waals surface area contributed by atoms with E-state index in [0.717, 1.165) is 13.0 Å². The highest BCUT2D eigenvalue weighted by atomic mass is 16.5. The van der Waals surface area contributed by atoms with Gasteiger partial charge < -0.3 is 14.8 Å². The molecular weight excluding hydrogens is 231 g/mol. The molecule has 0 saturated carbocycles. The lowest BCUT2D eigenvalue weighted by Crippen LogP contribution is -2.31.